The molecule has 0 fully saturated rings. The lowest BCUT2D eigenvalue weighted by Gasteiger charge is -2.03. The third-order valence-electron chi connectivity index (χ3n) is 3.20. The molecule has 120 valence electrons. The van der Waals surface area contributed by atoms with Crippen LogP contribution in [0.3, 0.4) is 0 Å². The second-order valence-corrected chi connectivity index (χ2v) is 5.83. The Hall–Kier alpha value is -2.98. The van der Waals surface area contributed by atoms with Crippen molar-refractivity contribution in [3.8, 4) is 22.5 Å². The summed E-state index contributed by atoms with van der Waals surface area (Å²) in [6.07, 6.45) is 0.846. The topological polar surface area (TPSA) is 80.8 Å². The molecule has 2 aromatic heterocycles. The zero-order valence-corrected chi connectivity index (χ0v) is 13.6. The predicted octanol–water partition coefficient (Wildman–Crippen LogP) is 3.46. The number of para-hydroxylation sites is 1. The van der Waals surface area contributed by atoms with Crippen molar-refractivity contribution in [3.05, 3.63) is 53.7 Å². The smallest absolute Gasteiger partial charge is 0.378 e. The second-order valence-electron chi connectivity index (χ2n) is 4.88. The number of nitrogens with zero attached hydrogens (tertiary/aromatic N) is 4. The van der Waals surface area contributed by atoms with Gasteiger partial charge in [-0.15, -0.1) is 16.4 Å². The summed E-state index contributed by atoms with van der Waals surface area (Å²) in [5.41, 5.74) is 0.817. The third kappa shape index (κ3) is 3.50. The van der Waals surface area contributed by atoms with E-state index in [0.29, 0.717) is 18.7 Å². The number of ether oxygens (including phenoxy) is 1. The molecule has 0 atom stereocenters. The highest BCUT2D eigenvalue weighted by Gasteiger charge is 2.20. The van der Waals surface area contributed by atoms with Crippen LogP contribution in [-0.4, -0.2) is 27.3 Å². The molecular weight excluding hydrogens is 324 g/mol. The van der Waals surface area contributed by atoms with Gasteiger partial charge in [0.25, 0.3) is 5.82 Å². The molecule has 7 heteroatoms. The number of thiophene rings is 1. The normalized spacial score (nSPS) is 10.3. The fraction of sp³-hybridized carbons (Fsp3) is 0.176. The number of carbonyl (C=O) groups excluding carboxylic acids is 1. The molecule has 1 aromatic carbocycles. The molecule has 0 aliphatic carbocycles. The Morgan fingerprint density at radius 1 is 1.25 bits per heavy atom. The number of hydrogen-bond acceptors (Lipinski definition) is 6. The van der Waals surface area contributed by atoms with Gasteiger partial charge in [0.15, 0.2) is 5.82 Å². The maximum absolute atomic E-state index is 12.1. The van der Waals surface area contributed by atoms with Gasteiger partial charge >= 0.3 is 5.97 Å². The highest BCUT2D eigenvalue weighted by molar-refractivity contribution is 7.13. The number of benzene rings is 1. The van der Waals surface area contributed by atoms with Crippen LogP contribution in [0.5, 0.6) is 0 Å². The van der Waals surface area contributed by atoms with Crippen LogP contribution in [-0.2, 0) is 4.74 Å². The van der Waals surface area contributed by atoms with Crippen molar-refractivity contribution in [2.45, 2.75) is 12.8 Å². The number of nitriles is 1. The lowest BCUT2D eigenvalue weighted by atomic mass is 10.3. The summed E-state index contributed by atoms with van der Waals surface area (Å²) >= 11 is 1.52. The molecule has 0 aliphatic rings. The Kier molecular flexibility index (Phi) is 4.99. The van der Waals surface area contributed by atoms with E-state index in [0.717, 1.165) is 10.6 Å². The van der Waals surface area contributed by atoms with E-state index in [9.17, 15) is 4.79 Å². The zero-order chi connectivity index (χ0) is 16.8. The Bertz CT molecular complexity index is 851. The average molecular weight is 338 g/mol. The minimum Gasteiger partial charge on any atom is -0.460 e. The monoisotopic (exact) mass is 338 g/mol. The summed E-state index contributed by atoms with van der Waals surface area (Å²) in [5.74, 6) is 0.0276. The first-order chi connectivity index (χ1) is 11.8. The standard InChI is InChI=1S/C17H14N4O2S/c18-10-4-5-11-23-17(22)15-19-16(14-9-6-12-24-14)21(20-15)13-7-2-1-3-8-13/h1-3,6-9,12H,4-5,11H2. The molecule has 6 nitrogen and oxygen atoms in total. The van der Waals surface area contributed by atoms with E-state index >= 15 is 0 Å². The van der Waals surface area contributed by atoms with Crippen LogP contribution in [0.1, 0.15) is 23.5 Å². The molecule has 2 heterocycles. The SMILES string of the molecule is N#CCCCOC(=O)c1nc(-c2cccs2)n(-c2ccccc2)n1. The molecule has 3 aromatic rings. The van der Waals surface area contributed by atoms with Crippen molar-refractivity contribution in [2.24, 2.45) is 0 Å². The van der Waals surface area contributed by atoms with Gasteiger partial charge in [-0.3, -0.25) is 0 Å². The molecule has 0 bridgehead atoms. The Balaban J connectivity index is 1.90. The first-order valence-electron chi connectivity index (χ1n) is 7.40. The van der Waals surface area contributed by atoms with Crippen LogP contribution in [0.2, 0.25) is 0 Å². The van der Waals surface area contributed by atoms with E-state index in [1.54, 1.807) is 4.68 Å². The molecule has 0 spiro atoms. The summed E-state index contributed by atoms with van der Waals surface area (Å²) in [7, 11) is 0. The van der Waals surface area contributed by atoms with Gasteiger partial charge in [0.1, 0.15) is 0 Å². The van der Waals surface area contributed by atoms with E-state index in [1.165, 1.54) is 11.3 Å². The van der Waals surface area contributed by atoms with Crippen molar-refractivity contribution in [3.63, 3.8) is 0 Å². The van der Waals surface area contributed by atoms with E-state index in [-0.39, 0.29) is 12.4 Å². The summed E-state index contributed by atoms with van der Waals surface area (Å²) < 4.78 is 6.76. The number of rotatable bonds is 6. The maximum atomic E-state index is 12.1. The van der Waals surface area contributed by atoms with Crippen LogP contribution in [0, 0.1) is 11.3 Å². The van der Waals surface area contributed by atoms with Crippen molar-refractivity contribution in [1.82, 2.24) is 14.8 Å². The van der Waals surface area contributed by atoms with Crippen LogP contribution >= 0.6 is 11.3 Å². The van der Waals surface area contributed by atoms with Gasteiger partial charge in [0.05, 0.1) is 23.2 Å². The Morgan fingerprint density at radius 3 is 2.79 bits per heavy atom. The van der Waals surface area contributed by atoms with Crippen molar-refractivity contribution in [2.75, 3.05) is 6.61 Å². The summed E-state index contributed by atoms with van der Waals surface area (Å²) in [4.78, 5) is 17.4. The Morgan fingerprint density at radius 2 is 2.08 bits per heavy atom. The first kappa shape index (κ1) is 15.9. The highest BCUT2D eigenvalue weighted by Crippen LogP contribution is 2.25. The van der Waals surface area contributed by atoms with Crippen LogP contribution in [0.4, 0.5) is 0 Å². The molecule has 24 heavy (non-hydrogen) atoms. The second kappa shape index (κ2) is 7.53. The largest absolute Gasteiger partial charge is 0.460 e. The molecule has 0 radical (unpaired) electrons. The highest BCUT2D eigenvalue weighted by atomic mass is 32.1. The number of unbranched alkanes of at least 4 members (excludes halogenated alkanes) is 1. The van der Waals surface area contributed by atoms with Crippen LogP contribution in [0.25, 0.3) is 16.4 Å². The van der Waals surface area contributed by atoms with E-state index < -0.39 is 5.97 Å². The molecule has 0 saturated heterocycles. The summed E-state index contributed by atoms with van der Waals surface area (Å²) in [5, 5.41) is 14.8. The molecule has 0 unspecified atom stereocenters. The number of esters is 1. The minimum atomic E-state index is -0.583. The van der Waals surface area contributed by atoms with Crippen LogP contribution < -0.4 is 0 Å². The van der Waals surface area contributed by atoms with Gasteiger partial charge in [0.2, 0.25) is 0 Å². The van der Waals surface area contributed by atoms with E-state index in [4.69, 9.17) is 10.00 Å². The molecule has 0 N–H and O–H groups in total. The fourth-order valence-corrected chi connectivity index (χ4v) is 2.79. The molecular formula is C17H14N4O2S. The number of hydrogen-bond donors (Lipinski definition) is 0. The van der Waals surface area contributed by atoms with Gasteiger partial charge in [-0.1, -0.05) is 24.3 Å². The van der Waals surface area contributed by atoms with Gasteiger partial charge in [-0.05, 0) is 30.0 Å². The quantitative estimate of drug-likeness (QED) is 0.508. The molecule has 3 rings (SSSR count). The van der Waals surface area contributed by atoms with Gasteiger partial charge < -0.3 is 4.74 Å². The molecule has 0 saturated carbocycles. The lowest BCUT2D eigenvalue weighted by Crippen LogP contribution is -2.09. The fourth-order valence-electron chi connectivity index (χ4n) is 2.09. The predicted molar refractivity (Wildman–Crippen MR) is 89.8 cm³/mol. The summed E-state index contributed by atoms with van der Waals surface area (Å²) in [6.45, 7) is 0.181. The van der Waals surface area contributed by atoms with Gasteiger partial charge in [0, 0.05) is 6.42 Å². The van der Waals surface area contributed by atoms with Crippen LogP contribution in [0.15, 0.2) is 47.8 Å². The number of carbonyl (C=O) groups is 1. The van der Waals surface area contributed by atoms with Crippen molar-refractivity contribution in [1.29, 1.82) is 5.26 Å². The average Bonchev–Trinajstić information content (AvgIpc) is 3.28. The molecule has 0 aliphatic heterocycles. The lowest BCUT2D eigenvalue weighted by molar-refractivity contribution is 0.0487. The van der Waals surface area contributed by atoms with E-state index in [2.05, 4.69) is 10.1 Å². The molecule has 0 amide bonds. The van der Waals surface area contributed by atoms with Crippen molar-refractivity contribution >= 4 is 17.3 Å². The third-order valence-corrected chi connectivity index (χ3v) is 4.06. The van der Waals surface area contributed by atoms with E-state index in [1.807, 2.05) is 53.9 Å². The zero-order valence-electron chi connectivity index (χ0n) is 12.8. The number of aromatic nitrogens is 3. The Labute approximate surface area is 143 Å². The summed E-state index contributed by atoms with van der Waals surface area (Å²) in [6, 6.07) is 15.4. The first-order valence-corrected chi connectivity index (χ1v) is 8.28. The van der Waals surface area contributed by atoms with Gasteiger partial charge in [-0.2, -0.15) is 10.2 Å². The van der Waals surface area contributed by atoms with Crippen molar-refractivity contribution < 1.29 is 9.53 Å². The minimum absolute atomic E-state index is 0.0132. The maximum Gasteiger partial charge on any atom is 0.378 e. The van der Waals surface area contributed by atoms with Gasteiger partial charge in [-0.25, -0.2) is 9.48 Å².